The maximum absolute atomic E-state index is 14.4. The summed E-state index contributed by atoms with van der Waals surface area (Å²) in [5.74, 6) is -3.51. The van der Waals surface area contributed by atoms with Gasteiger partial charge in [-0.05, 0) is 52.1 Å². The third kappa shape index (κ3) is 3.37. The highest BCUT2D eigenvalue weighted by molar-refractivity contribution is 6.36. The zero-order chi connectivity index (χ0) is 28.6. The second-order valence-corrected chi connectivity index (χ2v) is 12.5. The average molecular weight is 576 g/mol. The number of carbonyl (C=O) groups excluding carboxylic acids is 3. The van der Waals surface area contributed by atoms with E-state index in [4.69, 9.17) is 23.2 Å². The number of likely N-dealkylation sites (tertiary alicyclic amines) is 1. The minimum Gasteiger partial charge on any atom is -0.324 e. The van der Waals surface area contributed by atoms with Gasteiger partial charge in [0.1, 0.15) is 15.8 Å². The molecule has 40 heavy (non-hydrogen) atoms. The Kier molecular flexibility index (Phi) is 6.39. The highest BCUT2D eigenvalue weighted by Crippen LogP contribution is 2.69. The Balaban J connectivity index is 1.47. The maximum atomic E-state index is 14.4. The third-order valence-electron chi connectivity index (χ3n) is 9.04. The summed E-state index contributed by atoms with van der Waals surface area (Å²) in [7, 11) is 0. The summed E-state index contributed by atoms with van der Waals surface area (Å²) < 4.78 is 0. The monoisotopic (exact) mass is 574 g/mol. The first-order valence-electron chi connectivity index (χ1n) is 14.0. The Morgan fingerprint density at radius 3 is 1.52 bits per heavy atom. The highest BCUT2D eigenvalue weighted by atomic mass is 35.5. The number of rotatable bonds is 6. The van der Waals surface area contributed by atoms with Gasteiger partial charge in [-0.15, -0.1) is 23.2 Å². The summed E-state index contributed by atoms with van der Waals surface area (Å²) >= 11 is 15.1. The summed E-state index contributed by atoms with van der Waals surface area (Å²) in [5, 5.41) is 3.10. The van der Waals surface area contributed by atoms with Crippen LogP contribution in [0.2, 0.25) is 0 Å². The number of halogens is 2. The van der Waals surface area contributed by atoms with Crippen LogP contribution in [0.3, 0.4) is 0 Å². The predicted molar refractivity (Wildman–Crippen MR) is 157 cm³/mol. The molecule has 2 bridgehead atoms. The van der Waals surface area contributed by atoms with Gasteiger partial charge in [0.15, 0.2) is 0 Å². The number of nitrogens with zero attached hydrogens (tertiary/aromatic N) is 1. The van der Waals surface area contributed by atoms with Gasteiger partial charge in [0.2, 0.25) is 17.7 Å². The number of nitrogens with one attached hydrogen (secondary N) is 1. The van der Waals surface area contributed by atoms with Gasteiger partial charge >= 0.3 is 0 Å². The number of carbonyl (C=O) groups is 3. The second-order valence-electron chi connectivity index (χ2n) is 11.4. The molecule has 3 aromatic rings. The molecule has 0 unspecified atom stereocenters. The van der Waals surface area contributed by atoms with Crippen molar-refractivity contribution in [3.05, 3.63) is 100 Å². The summed E-state index contributed by atoms with van der Waals surface area (Å²) in [6, 6.07) is 20.0. The first kappa shape index (κ1) is 27.0. The van der Waals surface area contributed by atoms with Gasteiger partial charge < -0.3 is 5.32 Å². The van der Waals surface area contributed by atoms with Crippen LogP contribution < -0.4 is 5.32 Å². The molecule has 0 saturated carbocycles. The molecule has 3 aromatic carbocycles. The van der Waals surface area contributed by atoms with Gasteiger partial charge in [0, 0.05) is 5.69 Å². The van der Waals surface area contributed by atoms with Gasteiger partial charge in [-0.1, -0.05) is 94.4 Å². The number of para-hydroxylation sites is 1. The number of alkyl halides is 2. The second kappa shape index (κ2) is 9.46. The van der Waals surface area contributed by atoms with Crippen LogP contribution in [0.25, 0.3) is 0 Å². The van der Waals surface area contributed by atoms with Crippen LogP contribution in [0.1, 0.15) is 61.1 Å². The first-order chi connectivity index (χ1) is 19.1. The summed E-state index contributed by atoms with van der Waals surface area (Å²) in [5.41, 5.74) is 5.73. The van der Waals surface area contributed by atoms with E-state index in [-0.39, 0.29) is 11.8 Å². The predicted octanol–water partition coefficient (Wildman–Crippen LogP) is 6.37. The Bertz CT molecular complexity index is 1420. The number of imide groups is 1. The van der Waals surface area contributed by atoms with E-state index in [9.17, 15) is 14.4 Å². The summed E-state index contributed by atoms with van der Waals surface area (Å²) in [4.78, 5) is 41.5. The zero-order valence-corrected chi connectivity index (χ0v) is 24.5. The van der Waals surface area contributed by atoms with Crippen molar-refractivity contribution >= 4 is 46.6 Å². The molecular weight excluding hydrogens is 543 g/mol. The standard InChI is InChI=1S/C33H32Cl2N2O3/c1-5-19-12-11-13-20(6-2)27(19)36-29(38)28(18(3)4)37-30(39)25-26(31(37)40)33(35)22-15-8-7-14-21(22)32(25,34)23-16-9-10-17-24(23)33/h7-18,25-26,28H,5-6H2,1-4H3,(H,36,38)/t25-,26-,28+,32?,33?/m1/s1. The molecule has 3 atom stereocenters. The van der Waals surface area contributed by atoms with Gasteiger partial charge in [-0.25, -0.2) is 0 Å². The van der Waals surface area contributed by atoms with Crippen molar-refractivity contribution < 1.29 is 14.4 Å². The van der Waals surface area contributed by atoms with Crippen LogP contribution in [-0.2, 0) is 37.0 Å². The van der Waals surface area contributed by atoms with Crippen molar-refractivity contribution in [2.75, 3.05) is 5.32 Å². The molecule has 1 fully saturated rings. The smallest absolute Gasteiger partial charge is 0.247 e. The first-order valence-corrected chi connectivity index (χ1v) is 14.7. The summed E-state index contributed by atoms with van der Waals surface area (Å²) in [6.45, 7) is 7.77. The van der Waals surface area contributed by atoms with Crippen molar-refractivity contribution in [2.45, 2.75) is 56.3 Å². The Hall–Kier alpha value is -3.15. The normalized spacial score (nSPS) is 26.9. The molecular formula is C33H32Cl2N2O3. The molecule has 1 saturated heterocycles. The molecule has 0 spiro atoms. The SMILES string of the molecule is CCc1cccc(CC)c1NC(=O)[C@H](C(C)C)N1C(=O)[C@H]2[C@H](C1=O)C1(Cl)c3ccccc3C2(Cl)c2ccccc21. The van der Waals surface area contributed by atoms with Gasteiger partial charge in [-0.2, -0.15) is 0 Å². The number of aryl methyl sites for hydroxylation is 2. The van der Waals surface area contributed by atoms with E-state index in [1.807, 2.05) is 94.4 Å². The van der Waals surface area contributed by atoms with Gasteiger partial charge in [0.25, 0.3) is 0 Å². The molecule has 206 valence electrons. The van der Waals surface area contributed by atoms with E-state index in [2.05, 4.69) is 5.32 Å². The zero-order valence-electron chi connectivity index (χ0n) is 23.0. The Morgan fingerprint density at radius 1 is 0.775 bits per heavy atom. The van der Waals surface area contributed by atoms with Crippen LogP contribution in [0, 0.1) is 17.8 Å². The van der Waals surface area contributed by atoms with Crippen molar-refractivity contribution in [2.24, 2.45) is 17.8 Å². The molecule has 1 aliphatic heterocycles. The lowest BCUT2D eigenvalue weighted by Crippen LogP contribution is -2.57. The number of hydrogen-bond donors (Lipinski definition) is 1. The Labute approximate surface area is 244 Å². The van der Waals surface area contributed by atoms with Crippen LogP contribution in [-0.4, -0.2) is 28.7 Å². The Morgan fingerprint density at radius 2 is 1.18 bits per heavy atom. The van der Waals surface area contributed by atoms with Crippen molar-refractivity contribution in [3.63, 3.8) is 0 Å². The number of anilines is 1. The lowest BCUT2D eigenvalue weighted by molar-refractivity contribution is -0.148. The van der Waals surface area contributed by atoms with Crippen LogP contribution in [0.15, 0.2) is 66.7 Å². The molecule has 0 radical (unpaired) electrons. The van der Waals surface area contributed by atoms with E-state index in [1.165, 1.54) is 4.90 Å². The lowest BCUT2D eigenvalue weighted by atomic mass is 9.54. The minimum absolute atomic E-state index is 0.341. The lowest BCUT2D eigenvalue weighted by Gasteiger charge is -2.54. The number of hydrogen-bond acceptors (Lipinski definition) is 3. The van der Waals surface area contributed by atoms with Crippen molar-refractivity contribution in [1.29, 1.82) is 0 Å². The fourth-order valence-corrected chi connectivity index (χ4v) is 8.38. The number of benzene rings is 3. The van der Waals surface area contributed by atoms with Crippen molar-refractivity contribution in [1.82, 2.24) is 4.90 Å². The molecule has 1 heterocycles. The molecule has 3 aliphatic carbocycles. The van der Waals surface area contributed by atoms with Gasteiger partial charge in [-0.3, -0.25) is 19.3 Å². The fraction of sp³-hybridized carbons (Fsp3) is 0.364. The average Bonchev–Trinajstić information content (AvgIpc) is 3.22. The van der Waals surface area contributed by atoms with E-state index in [0.717, 1.165) is 51.9 Å². The topological polar surface area (TPSA) is 66.5 Å². The third-order valence-corrected chi connectivity index (χ3v) is 10.3. The molecule has 7 heteroatoms. The van der Waals surface area contributed by atoms with E-state index < -0.39 is 39.4 Å². The molecule has 1 N–H and O–H groups in total. The molecule has 5 nitrogen and oxygen atoms in total. The highest BCUT2D eigenvalue weighted by Gasteiger charge is 2.73. The maximum Gasteiger partial charge on any atom is 0.247 e. The van der Waals surface area contributed by atoms with Gasteiger partial charge in [0.05, 0.1) is 11.8 Å². The van der Waals surface area contributed by atoms with Crippen LogP contribution in [0.4, 0.5) is 5.69 Å². The van der Waals surface area contributed by atoms with Crippen molar-refractivity contribution in [3.8, 4) is 0 Å². The molecule has 0 aromatic heterocycles. The van der Waals surface area contributed by atoms with E-state index >= 15 is 0 Å². The molecule has 4 aliphatic rings. The number of amides is 3. The van der Waals surface area contributed by atoms with Crippen LogP contribution >= 0.6 is 23.2 Å². The molecule has 3 amide bonds. The largest absolute Gasteiger partial charge is 0.324 e. The van der Waals surface area contributed by atoms with Crippen LogP contribution in [0.5, 0.6) is 0 Å². The quantitative estimate of drug-likeness (QED) is 0.275. The minimum atomic E-state index is -1.28. The summed E-state index contributed by atoms with van der Waals surface area (Å²) in [6.07, 6.45) is 1.48. The molecule has 7 rings (SSSR count). The fourth-order valence-electron chi connectivity index (χ4n) is 7.28. The van der Waals surface area contributed by atoms with E-state index in [0.29, 0.717) is 0 Å². The van der Waals surface area contributed by atoms with E-state index in [1.54, 1.807) is 0 Å².